The van der Waals surface area contributed by atoms with Gasteiger partial charge in [0.2, 0.25) is 5.91 Å². The van der Waals surface area contributed by atoms with Crippen molar-refractivity contribution in [2.45, 2.75) is 32.4 Å². The Labute approximate surface area is 147 Å². The average Bonchev–Trinajstić information content (AvgIpc) is 3.06. The molecule has 25 heavy (non-hydrogen) atoms. The molecule has 0 saturated carbocycles. The molecule has 1 heterocycles. The van der Waals surface area contributed by atoms with Crippen molar-refractivity contribution >= 4 is 17.6 Å². The Balaban J connectivity index is 1.90. The molecule has 2 N–H and O–H groups in total. The molecule has 0 fully saturated rings. The number of anilines is 1. The number of hydrogen-bond donors (Lipinski definition) is 2. The number of aryl methyl sites for hydroxylation is 1. The summed E-state index contributed by atoms with van der Waals surface area (Å²) in [5, 5.41) is 9.73. The zero-order chi connectivity index (χ0) is 18.2. The molecule has 1 aromatic carbocycles. The molecule has 2 aromatic rings. The number of aromatic nitrogens is 3. The molecule has 8 heteroatoms. The Kier molecular flexibility index (Phi) is 6.50. The highest BCUT2D eigenvalue weighted by Gasteiger charge is 2.12. The summed E-state index contributed by atoms with van der Waals surface area (Å²) in [6, 6.07) is 7.09. The Morgan fingerprint density at radius 1 is 1.28 bits per heavy atom. The van der Waals surface area contributed by atoms with Crippen molar-refractivity contribution in [2.75, 3.05) is 19.4 Å². The van der Waals surface area contributed by atoms with Crippen molar-refractivity contribution in [3.05, 3.63) is 42.5 Å². The van der Waals surface area contributed by atoms with E-state index in [1.807, 2.05) is 31.2 Å². The number of nitrogens with zero attached hydrogens (tertiary/aromatic N) is 4. The maximum Gasteiger partial charge on any atom is 0.319 e. The number of amides is 3. The van der Waals surface area contributed by atoms with Crippen molar-refractivity contribution in [3.63, 3.8) is 0 Å². The molecule has 0 aliphatic carbocycles. The van der Waals surface area contributed by atoms with Gasteiger partial charge in [0.1, 0.15) is 12.7 Å². The van der Waals surface area contributed by atoms with E-state index in [4.69, 9.17) is 0 Å². The van der Waals surface area contributed by atoms with E-state index in [2.05, 4.69) is 20.7 Å². The summed E-state index contributed by atoms with van der Waals surface area (Å²) in [4.78, 5) is 29.4. The van der Waals surface area contributed by atoms with Gasteiger partial charge in [-0.15, -0.1) is 0 Å². The SMILES string of the molecule is C[C@H](Cn1cncn1)NC(=O)Nc1ccccc1CCC(=O)N(C)C. The second-order valence-electron chi connectivity index (χ2n) is 6.06. The number of urea groups is 1. The smallest absolute Gasteiger partial charge is 0.319 e. The van der Waals surface area contributed by atoms with Crippen LogP contribution in [0.4, 0.5) is 10.5 Å². The lowest BCUT2D eigenvalue weighted by atomic mass is 10.1. The van der Waals surface area contributed by atoms with Gasteiger partial charge in [-0.25, -0.2) is 9.78 Å². The van der Waals surface area contributed by atoms with Gasteiger partial charge < -0.3 is 15.5 Å². The molecule has 3 amide bonds. The zero-order valence-electron chi connectivity index (χ0n) is 14.8. The van der Waals surface area contributed by atoms with E-state index < -0.39 is 0 Å². The molecule has 0 unspecified atom stereocenters. The minimum Gasteiger partial charge on any atom is -0.349 e. The van der Waals surface area contributed by atoms with E-state index in [1.54, 1.807) is 30.0 Å². The van der Waals surface area contributed by atoms with E-state index in [-0.39, 0.29) is 18.0 Å². The molecule has 134 valence electrons. The Morgan fingerprint density at radius 3 is 2.72 bits per heavy atom. The van der Waals surface area contributed by atoms with Crippen molar-refractivity contribution in [1.82, 2.24) is 25.0 Å². The summed E-state index contributed by atoms with van der Waals surface area (Å²) < 4.78 is 1.66. The molecule has 1 atom stereocenters. The number of benzene rings is 1. The maximum atomic E-state index is 12.2. The molecule has 1 aromatic heterocycles. The lowest BCUT2D eigenvalue weighted by molar-refractivity contribution is -0.128. The lowest BCUT2D eigenvalue weighted by Crippen LogP contribution is -2.38. The van der Waals surface area contributed by atoms with Crippen molar-refractivity contribution in [1.29, 1.82) is 0 Å². The van der Waals surface area contributed by atoms with Crippen LogP contribution in [0.5, 0.6) is 0 Å². The fourth-order valence-electron chi connectivity index (χ4n) is 2.36. The molecule has 0 radical (unpaired) electrons. The van der Waals surface area contributed by atoms with Crippen molar-refractivity contribution in [2.24, 2.45) is 0 Å². The van der Waals surface area contributed by atoms with Crippen LogP contribution < -0.4 is 10.6 Å². The first kappa shape index (κ1) is 18.4. The van der Waals surface area contributed by atoms with E-state index in [0.29, 0.717) is 25.1 Å². The van der Waals surface area contributed by atoms with Crippen LogP contribution in [0.15, 0.2) is 36.9 Å². The minimum absolute atomic E-state index is 0.0562. The minimum atomic E-state index is -0.293. The van der Waals surface area contributed by atoms with Crippen LogP contribution in [0.3, 0.4) is 0 Å². The van der Waals surface area contributed by atoms with Crippen molar-refractivity contribution < 1.29 is 9.59 Å². The van der Waals surface area contributed by atoms with Crippen LogP contribution in [-0.4, -0.2) is 51.7 Å². The van der Waals surface area contributed by atoms with E-state index >= 15 is 0 Å². The normalized spacial score (nSPS) is 11.6. The van der Waals surface area contributed by atoms with E-state index in [1.165, 1.54) is 6.33 Å². The number of carbonyl (C=O) groups excluding carboxylic acids is 2. The summed E-state index contributed by atoms with van der Waals surface area (Å²) in [5.41, 5.74) is 1.64. The first-order valence-electron chi connectivity index (χ1n) is 8.13. The molecular weight excluding hydrogens is 320 g/mol. The Morgan fingerprint density at radius 2 is 2.04 bits per heavy atom. The Hall–Kier alpha value is -2.90. The zero-order valence-corrected chi connectivity index (χ0v) is 14.8. The van der Waals surface area contributed by atoms with Gasteiger partial charge >= 0.3 is 6.03 Å². The van der Waals surface area contributed by atoms with Gasteiger partial charge in [0.05, 0.1) is 6.54 Å². The van der Waals surface area contributed by atoms with Crippen molar-refractivity contribution in [3.8, 4) is 0 Å². The maximum absolute atomic E-state index is 12.2. The van der Waals surface area contributed by atoms with E-state index in [0.717, 1.165) is 5.56 Å². The van der Waals surface area contributed by atoms with E-state index in [9.17, 15) is 9.59 Å². The first-order chi connectivity index (χ1) is 12.0. The highest BCUT2D eigenvalue weighted by molar-refractivity contribution is 5.90. The van der Waals surface area contributed by atoms with Gasteiger partial charge in [-0.3, -0.25) is 9.48 Å². The topological polar surface area (TPSA) is 92.1 Å². The number of hydrogen-bond acceptors (Lipinski definition) is 4. The molecule has 0 aliphatic rings. The Bertz CT molecular complexity index is 699. The van der Waals surface area contributed by atoms with Gasteiger partial charge in [0.15, 0.2) is 0 Å². The number of rotatable bonds is 7. The van der Waals surface area contributed by atoms with Gasteiger partial charge in [-0.2, -0.15) is 5.10 Å². The van der Waals surface area contributed by atoms with Gasteiger partial charge in [0.25, 0.3) is 0 Å². The summed E-state index contributed by atoms with van der Waals surface area (Å²) in [7, 11) is 3.47. The number of carbonyl (C=O) groups is 2. The predicted octanol–water partition coefficient (Wildman–Crippen LogP) is 1.51. The number of para-hydroxylation sites is 1. The molecule has 0 bridgehead atoms. The van der Waals surface area contributed by atoms with Crippen LogP contribution >= 0.6 is 0 Å². The first-order valence-corrected chi connectivity index (χ1v) is 8.13. The summed E-state index contributed by atoms with van der Waals surface area (Å²) in [6.07, 6.45) is 4.03. The molecular formula is C17H24N6O2. The lowest BCUT2D eigenvalue weighted by Gasteiger charge is -2.16. The van der Waals surface area contributed by atoms with Crippen LogP contribution in [0.1, 0.15) is 18.9 Å². The monoisotopic (exact) mass is 344 g/mol. The van der Waals surface area contributed by atoms with Gasteiger partial charge in [-0.05, 0) is 25.0 Å². The van der Waals surface area contributed by atoms with Crippen LogP contribution in [0, 0.1) is 0 Å². The van der Waals surface area contributed by atoms with Crippen LogP contribution in [0.2, 0.25) is 0 Å². The molecule has 0 spiro atoms. The quantitative estimate of drug-likeness (QED) is 0.796. The number of nitrogens with one attached hydrogen (secondary N) is 2. The third kappa shape index (κ3) is 5.91. The van der Waals surface area contributed by atoms with Gasteiger partial charge in [-0.1, -0.05) is 18.2 Å². The largest absolute Gasteiger partial charge is 0.349 e. The standard InChI is InChI=1S/C17H24N6O2/c1-13(10-23-12-18-11-19-23)20-17(25)21-15-7-5-4-6-14(15)8-9-16(24)22(2)3/h4-7,11-13H,8-10H2,1-3H3,(H2,20,21,25)/t13-/m1/s1. The highest BCUT2D eigenvalue weighted by atomic mass is 16.2. The fourth-order valence-corrected chi connectivity index (χ4v) is 2.36. The van der Waals surface area contributed by atoms with Gasteiger partial charge in [0, 0.05) is 32.2 Å². The fraction of sp³-hybridized carbons (Fsp3) is 0.412. The second kappa shape index (κ2) is 8.81. The summed E-state index contributed by atoms with van der Waals surface area (Å²) >= 11 is 0. The third-order valence-electron chi connectivity index (χ3n) is 3.68. The average molecular weight is 344 g/mol. The van der Waals surface area contributed by atoms with Crippen LogP contribution in [0.25, 0.3) is 0 Å². The summed E-state index contributed by atoms with van der Waals surface area (Å²) in [6.45, 7) is 2.43. The van der Waals surface area contributed by atoms with Crippen LogP contribution in [-0.2, 0) is 17.8 Å². The molecule has 8 nitrogen and oxygen atoms in total. The summed E-state index contributed by atoms with van der Waals surface area (Å²) in [5.74, 6) is 0.0562. The third-order valence-corrected chi connectivity index (χ3v) is 3.68. The predicted molar refractivity (Wildman–Crippen MR) is 95.1 cm³/mol. The molecule has 0 saturated heterocycles. The highest BCUT2D eigenvalue weighted by Crippen LogP contribution is 2.17. The second-order valence-corrected chi connectivity index (χ2v) is 6.06. The molecule has 0 aliphatic heterocycles. The molecule has 2 rings (SSSR count).